The predicted octanol–water partition coefficient (Wildman–Crippen LogP) is 0.743. The van der Waals surface area contributed by atoms with E-state index >= 15 is 0 Å². The van der Waals surface area contributed by atoms with Gasteiger partial charge in [0.25, 0.3) is 11.6 Å². The summed E-state index contributed by atoms with van der Waals surface area (Å²) in [7, 11) is 1.39. The predicted molar refractivity (Wildman–Crippen MR) is 76.2 cm³/mol. The Hall–Kier alpha value is -2.61. The fourth-order valence-corrected chi connectivity index (χ4v) is 1.58. The summed E-state index contributed by atoms with van der Waals surface area (Å²) in [5, 5.41) is 13.5. The minimum atomic E-state index is -0.563. The van der Waals surface area contributed by atoms with E-state index in [-0.39, 0.29) is 36.2 Å². The highest BCUT2D eigenvalue weighted by atomic mass is 16.6. The number of nitrogens with two attached hydrogens (primary N) is 1. The minimum absolute atomic E-state index is 0.00717. The highest BCUT2D eigenvalue weighted by Crippen LogP contribution is 2.34. The maximum absolute atomic E-state index is 11.4. The van der Waals surface area contributed by atoms with Crippen LogP contribution in [-0.4, -0.2) is 31.1 Å². The fourth-order valence-electron chi connectivity index (χ4n) is 1.58. The number of carbonyl (C=O) groups excluding carboxylic acids is 1. The molecular weight excluding hydrogens is 278 g/mol. The lowest BCUT2D eigenvalue weighted by Crippen LogP contribution is -2.28. The van der Waals surface area contributed by atoms with Gasteiger partial charge in [-0.15, -0.1) is 6.58 Å². The summed E-state index contributed by atoms with van der Waals surface area (Å²) >= 11 is 0. The van der Waals surface area contributed by atoms with Crippen LogP contribution in [0.4, 0.5) is 5.69 Å². The van der Waals surface area contributed by atoms with E-state index in [4.69, 9.17) is 15.2 Å². The molecule has 0 spiro atoms. The maximum Gasteiger partial charge on any atom is 0.277 e. The number of nitro benzene ring substituents is 1. The molecule has 1 amide bonds. The van der Waals surface area contributed by atoms with Gasteiger partial charge >= 0.3 is 0 Å². The number of methoxy groups -OCH3 is 1. The van der Waals surface area contributed by atoms with Crippen LogP contribution in [0.25, 0.3) is 0 Å². The number of nitrogens with one attached hydrogen (secondary N) is 1. The Morgan fingerprint density at radius 3 is 2.76 bits per heavy atom. The Balaban J connectivity index is 2.94. The van der Waals surface area contributed by atoms with Crippen molar-refractivity contribution in [1.29, 1.82) is 0 Å². The molecule has 0 saturated carbocycles. The second-order valence-electron chi connectivity index (χ2n) is 3.97. The molecule has 1 rings (SSSR count). The van der Waals surface area contributed by atoms with Crippen molar-refractivity contribution < 1.29 is 19.2 Å². The molecule has 8 heteroatoms. The van der Waals surface area contributed by atoms with Crippen molar-refractivity contribution >= 4 is 11.6 Å². The lowest BCUT2D eigenvalue weighted by molar-refractivity contribution is -0.385. The van der Waals surface area contributed by atoms with Crippen molar-refractivity contribution in [2.75, 3.05) is 20.3 Å². The molecule has 0 aliphatic rings. The van der Waals surface area contributed by atoms with Crippen LogP contribution in [0.3, 0.4) is 0 Å². The third-order valence-electron chi connectivity index (χ3n) is 2.58. The molecule has 0 aliphatic heterocycles. The molecule has 0 aromatic heterocycles. The molecule has 0 saturated heterocycles. The van der Waals surface area contributed by atoms with E-state index in [0.717, 1.165) is 0 Å². The normalized spacial score (nSPS) is 9.81. The molecule has 1 aromatic rings. The van der Waals surface area contributed by atoms with Gasteiger partial charge in [-0.2, -0.15) is 0 Å². The average Bonchev–Trinajstić information content (AvgIpc) is 2.49. The molecule has 0 heterocycles. The molecule has 0 unspecified atom stereocenters. The third-order valence-corrected chi connectivity index (χ3v) is 2.58. The van der Waals surface area contributed by atoms with Crippen LogP contribution in [0.5, 0.6) is 11.5 Å². The van der Waals surface area contributed by atoms with Gasteiger partial charge in [0, 0.05) is 18.7 Å². The Morgan fingerprint density at radius 2 is 2.24 bits per heavy atom. The van der Waals surface area contributed by atoms with E-state index in [0.29, 0.717) is 12.1 Å². The van der Waals surface area contributed by atoms with E-state index < -0.39 is 4.92 Å². The van der Waals surface area contributed by atoms with Crippen LogP contribution < -0.4 is 20.5 Å². The van der Waals surface area contributed by atoms with Crippen LogP contribution in [0.2, 0.25) is 0 Å². The first kappa shape index (κ1) is 16.4. The van der Waals surface area contributed by atoms with Gasteiger partial charge in [-0.3, -0.25) is 14.9 Å². The van der Waals surface area contributed by atoms with Crippen LogP contribution in [-0.2, 0) is 11.3 Å². The Labute approximate surface area is 121 Å². The smallest absolute Gasteiger partial charge is 0.277 e. The van der Waals surface area contributed by atoms with Crippen LogP contribution in [0.1, 0.15) is 5.56 Å². The van der Waals surface area contributed by atoms with E-state index in [9.17, 15) is 14.9 Å². The standard InChI is InChI=1S/C13H17N3O5/c1-3-4-15-13(17)8-21-12-6-10(16(18)19)9(7-14)5-11(12)20-2/h3,5-6H,1,4,7-8,14H2,2H3,(H,15,17). The lowest BCUT2D eigenvalue weighted by Gasteiger charge is -2.12. The van der Waals surface area contributed by atoms with Crippen molar-refractivity contribution in [3.05, 3.63) is 40.5 Å². The summed E-state index contributed by atoms with van der Waals surface area (Å²) in [5.74, 6) is 0.00947. The average molecular weight is 295 g/mol. The SMILES string of the molecule is C=CCNC(=O)COc1cc([N+](=O)[O-])c(CN)cc1OC. The molecule has 0 atom stereocenters. The van der Waals surface area contributed by atoms with Crippen LogP contribution in [0.15, 0.2) is 24.8 Å². The van der Waals surface area contributed by atoms with E-state index in [1.165, 1.54) is 25.3 Å². The summed E-state index contributed by atoms with van der Waals surface area (Å²) in [6.45, 7) is 3.48. The molecule has 21 heavy (non-hydrogen) atoms. The van der Waals surface area contributed by atoms with Gasteiger partial charge in [0.2, 0.25) is 0 Å². The molecule has 1 aromatic carbocycles. The second-order valence-corrected chi connectivity index (χ2v) is 3.97. The number of amides is 1. The maximum atomic E-state index is 11.4. The first-order valence-corrected chi connectivity index (χ1v) is 6.09. The second kappa shape index (κ2) is 7.85. The van der Waals surface area contributed by atoms with E-state index in [1.54, 1.807) is 0 Å². The summed E-state index contributed by atoms with van der Waals surface area (Å²) in [6.07, 6.45) is 1.53. The number of hydrogen-bond donors (Lipinski definition) is 2. The van der Waals surface area contributed by atoms with Crippen LogP contribution in [0, 0.1) is 10.1 Å². The van der Waals surface area contributed by atoms with Crippen molar-refractivity contribution in [2.24, 2.45) is 5.73 Å². The zero-order chi connectivity index (χ0) is 15.8. The quantitative estimate of drug-likeness (QED) is 0.415. The number of rotatable bonds is 8. The van der Waals surface area contributed by atoms with Crippen molar-refractivity contribution in [2.45, 2.75) is 6.54 Å². The molecule has 0 aliphatic carbocycles. The summed E-state index contributed by atoms with van der Waals surface area (Å²) in [6, 6.07) is 2.62. The Kier molecular flexibility index (Phi) is 6.15. The first-order valence-electron chi connectivity index (χ1n) is 6.09. The molecule has 3 N–H and O–H groups in total. The van der Waals surface area contributed by atoms with Gasteiger partial charge in [0.1, 0.15) is 0 Å². The van der Waals surface area contributed by atoms with Gasteiger partial charge < -0.3 is 20.5 Å². The Bertz CT molecular complexity index is 545. The number of benzene rings is 1. The summed E-state index contributed by atoms with van der Waals surface area (Å²) in [4.78, 5) is 21.9. The van der Waals surface area contributed by atoms with Crippen molar-refractivity contribution in [3.8, 4) is 11.5 Å². The number of nitro groups is 1. The van der Waals surface area contributed by atoms with Gasteiger partial charge in [-0.25, -0.2) is 0 Å². The molecule has 0 fully saturated rings. The summed E-state index contributed by atoms with van der Waals surface area (Å²) in [5.41, 5.74) is 5.60. The number of hydrogen-bond acceptors (Lipinski definition) is 6. The zero-order valence-electron chi connectivity index (χ0n) is 11.6. The molecule has 8 nitrogen and oxygen atoms in total. The zero-order valence-corrected chi connectivity index (χ0v) is 11.6. The van der Waals surface area contributed by atoms with Crippen molar-refractivity contribution in [3.63, 3.8) is 0 Å². The molecule has 0 bridgehead atoms. The van der Waals surface area contributed by atoms with E-state index in [1.807, 2.05) is 0 Å². The van der Waals surface area contributed by atoms with Crippen molar-refractivity contribution in [1.82, 2.24) is 5.32 Å². The highest BCUT2D eigenvalue weighted by Gasteiger charge is 2.19. The number of ether oxygens (including phenoxy) is 2. The number of nitrogens with zero attached hydrogens (tertiary/aromatic N) is 1. The Morgan fingerprint density at radius 1 is 1.52 bits per heavy atom. The number of carbonyl (C=O) groups is 1. The minimum Gasteiger partial charge on any atom is -0.493 e. The molecule has 114 valence electrons. The summed E-state index contributed by atoms with van der Waals surface area (Å²) < 4.78 is 10.3. The van der Waals surface area contributed by atoms with Crippen LogP contribution >= 0.6 is 0 Å². The molecule has 0 radical (unpaired) electrons. The van der Waals surface area contributed by atoms with Gasteiger partial charge in [-0.1, -0.05) is 6.08 Å². The lowest BCUT2D eigenvalue weighted by atomic mass is 10.1. The monoisotopic (exact) mass is 295 g/mol. The van der Waals surface area contributed by atoms with E-state index in [2.05, 4.69) is 11.9 Å². The largest absolute Gasteiger partial charge is 0.493 e. The molecular formula is C13H17N3O5. The third kappa shape index (κ3) is 4.46. The van der Waals surface area contributed by atoms with Gasteiger partial charge in [0.15, 0.2) is 18.1 Å². The topological polar surface area (TPSA) is 117 Å². The van der Waals surface area contributed by atoms with Gasteiger partial charge in [-0.05, 0) is 6.07 Å². The fraction of sp³-hybridized carbons (Fsp3) is 0.308. The van der Waals surface area contributed by atoms with Gasteiger partial charge in [0.05, 0.1) is 18.1 Å². The first-order chi connectivity index (χ1) is 10.0. The highest BCUT2D eigenvalue weighted by molar-refractivity contribution is 5.77.